The van der Waals surface area contributed by atoms with Gasteiger partial charge in [-0.15, -0.1) is 10.2 Å². The number of nitrogens with one attached hydrogen (secondary N) is 1. The van der Waals surface area contributed by atoms with Crippen molar-refractivity contribution in [2.75, 3.05) is 6.61 Å². The van der Waals surface area contributed by atoms with Crippen LogP contribution < -0.4 is 4.74 Å². The van der Waals surface area contributed by atoms with Crippen molar-refractivity contribution < 1.29 is 14.6 Å². The molecule has 0 radical (unpaired) electrons. The summed E-state index contributed by atoms with van der Waals surface area (Å²) < 4.78 is 5.69. The third-order valence-corrected chi connectivity index (χ3v) is 4.58. The molecule has 0 fully saturated rings. The Kier molecular flexibility index (Phi) is 5.07. The first-order valence-corrected chi connectivity index (χ1v) is 9.15. The molecule has 4 aromatic rings. The number of amides is 1. The van der Waals surface area contributed by atoms with Crippen molar-refractivity contribution in [2.45, 2.75) is 6.92 Å². The monoisotopic (exact) mass is 385 g/mol. The summed E-state index contributed by atoms with van der Waals surface area (Å²) in [5.41, 5.74) is 3.85. The molecule has 0 aliphatic heterocycles. The summed E-state index contributed by atoms with van der Waals surface area (Å²) in [4.78, 5) is 15.1. The van der Waals surface area contributed by atoms with Gasteiger partial charge < -0.3 is 14.8 Å². The molecule has 4 rings (SSSR count). The first-order chi connectivity index (χ1) is 14.1. The van der Waals surface area contributed by atoms with E-state index in [9.17, 15) is 9.90 Å². The second kappa shape index (κ2) is 7.98. The molecule has 0 spiro atoms. The van der Waals surface area contributed by atoms with Crippen molar-refractivity contribution in [3.05, 3.63) is 78.4 Å². The van der Waals surface area contributed by atoms with E-state index in [1.54, 1.807) is 6.07 Å². The highest BCUT2D eigenvalue weighted by Crippen LogP contribution is 2.36. The van der Waals surface area contributed by atoms with E-state index in [1.807, 2.05) is 73.7 Å². The fourth-order valence-corrected chi connectivity index (χ4v) is 3.16. The van der Waals surface area contributed by atoms with Crippen molar-refractivity contribution in [3.8, 4) is 22.8 Å². The SMILES string of the molecule is Cc1cccc2c(N=NC(=O)COc3ccccc3-c3ccccc3)c(O)[nH]c12. The average molecular weight is 385 g/mol. The predicted molar refractivity (Wildman–Crippen MR) is 112 cm³/mol. The number of azo groups is 1. The van der Waals surface area contributed by atoms with Crippen LogP contribution in [0, 0.1) is 6.92 Å². The van der Waals surface area contributed by atoms with Gasteiger partial charge in [-0.05, 0) is 24.1 Å². The Bertz CT molecular complexity index is 1200. The molecular formula is C23H19N3O3. The number of carbonyl (C=O) groups is 1. The van der Waals surface area contributed by atoms with Gasteiger partial charge in [-0.25, -0.2) is 0 Å². The Balaban J connectivity index is 1.50. The maximum Gasteiger partial charge on any atom is 0.302 e. The maximum absolute atomic E-state index is 12.2. The lowest BCUT2D eigenvalue weighted by Gasteiger charge is -2.10. The van der Waals surface area contributed by atoms with Crippen LogP contribution in [0.1, 0.15) is 5.56 Å². The van der Waals surface area contributed by atoms with Gasteiger partial charge in [0.25, 0.3) is 0 Å². The molecule has 144 valence electrons. The number of aromatic nitrogens is 1. The number of carbonyl (C=O) groups excluding carboxylic acids is 1. The van der Waals surface area contributed by atoms with Crippen LogP contribution in [-0.4, -0.2) is 22.6 Å². The minimum atomic E-state index is -0.547. The molecule has 3 aromatic carbocycles. The molecule has 29 heavy (non-hydrogen) atoms. The van der Waals surface area contributed by atoms with Crippen LogP contribution in [0.5, 0.6) is 11.6 Å². The van der Waals surface area contributed by atoms with Crippen LogP contribution in [0.4, 0.5) is 5.69 Å². The van der Waals surface area contributed by atoms with E-state index in [4.69, 9.17) is 4.74 Å². The first kappa shape index (κ1) is 18.4. The fourth-order valence-electron chi connectivity index (χ4n) is 3.16. The van der Waals surface area contributed by atoms with Crippen LogP contribution in [0.25, 0.3) is 22.0 Å². The number of rotatable bonds is 5. The molecule has 0 saturated heterocycles. The minimum Gasteiger partial charge on any atom is -0.493 e. The summed E-state index contributed by atoms with van der Waals surface area (Å²) in [5.74, 6) is -0.0803. The zero-order chi connectivity index (χ0) is 20.2. The summed E-state index contributed by atoms with van der Waals surface area (Å²) in [6.45, 7) is 1.66. The lowest BCUT2D eigenvalue weighted by Crippen LogP contribution is -2.08. The van der Waals surface area contributed by atoms with Crippen molar-refractivity contribution in [1.82, 2.24) is 4.98 Å². The highest BCUT2D eigenvalue weighted by molar-refractivity contribution is 5.96. The molecule has 0 bridgehead atoms. The van der Waals surface area contributed by atoms with Gasteiger partial charge in [0.1, 0.15) is 5.75 Å². The highest BCUT2D eigenvalue weighted by Gasteiger charge is 2.13. The third-order valence-electron chi connectivity index (χ3n) is 4.58. The Morgan fingerprint density at radius 3 is 2.59 bits per heavy atom. The Labute approximate surface area is 167 Å². The molecule has 1 heterocycles. The molecule has 1 aromatic heterocycles. The van der Waals surface area contributed by atoms with Crippen molar-refractivity contribution >= 4 is 22.5 Å². The lowest BCUT2D eigenvalue weighted by molar-refractivity contribution is -0.120. The Hall–Kier alpha value is -3.93. The smallest absolute Gasteiger partial charge is 0.302 e. The van der Waals surface area contributed by atoms with Crippen molar-refractivity contribution in [2.24, 2.45) is 10.2 Å². The second-order valence-electron chi connectivity index (χ2n) is 6.56. The molecule has 1 amide bonds. The molecule has 0 atom stereocenters. The predicted octanol–water partition coefficient (Wildman–Crippen LogP) is 5.54. The van der Waals surface area contributed by atoms with E-state index < -0.39 is 5.91 Å². The van der Waals surface area contributed by atoms with E-state index in [0.29, 0.717) is 11.1 Å². The number of benzene rings is 3. The zero-order valence-corrected chi connectivity index (χ0v) is 15.8. The van der Waals surface area contributed by atoms with Gasteiger partial charge in [0, 0.05) is 10.9 Å². The van der Waals surface area contributed by atoms with Crippen molar-refractivity contribution in [1.29, 1.82) is 0 Å². The number of aromatic hydroxyl groups is 1. The first-order valence-electron chi connectivity index (χ1n) is 9.15. The normalized spacial score (nSPS) is 11.2. The van der Waals surface area contributed by atoms with Crippen molar-refractivity contribution in [3.63, 3.8) is 0 Å². The van der Waals surface area contributed by atoms with Crippen LogP contribution in [0.3, 0.4) is 0 Å². The minimum absolute atomic E-state index is 0.124. The van der Waals surface area contributed by atoms with Crippen LogP contribution in [-0.2, 0) is 4.79 Å². The quantitative estimate of drug-likeness (QED) is 0.442. The Morgan fingerprint density at radius 2 is 1.76 bits per heavy atom. The van der Waals surface area contributed by atoms with Gasteiger partial charge in [0.05, 0.1) is 5.52 Å². The number of aryl methyl sites for hydroxylation is 1. The molecule has 0 saturated carbocycles. The van der Waals surface area contributed by atoms with E-state index in [2.05, 4.69) is 15.2 Å². The molecule has 6 heteroatoms. The van der Waals surface area contributed by atoms with Gasteiger partial charge >= 0.3 is 5.91 Å². The largest absolute Gasteiger partial charge is 0.493 e. The van der Waals surface area contributed by atoms with E-state index >= 15 is 0 Å². The van der Waals surface area contributed by atoms with Gasteiger partial charge in [-0.2, -0.15) is 0 Å². The van der Waals surface area contributed by atoms with Gasteiger partial charge in [-0.1, -0.05) is 66.7 Å². The summed E-state index contributed by atoms with van der Waals surface area (Å²) in [5, 5.41) is 18.4. The molecular weight excluding hydrogens is 366 g/mol. The number of hydrogen-bond acceptors (Lipinski definition) is 4. The number of para-hydroxylation sites is 2. The van der Waals surface area contributed by atoms with Crippen LogP contribution in [0.2, 0.25) is 0 Å². The number of nitrogens with zero attached hydrogens (tertiary/aromatic N) is 2. The number of ether oxygens (including phenoxy) is 1. The Morgan fingerprint density at radius 1 is 1.00 bits per heavy atom. The molecule has 0 aliphatic rings. The summed E-state index contributed by atoms with van der Waals surface area (Å²) in [6.07, 6.45) is 0. The van der Waals surface area contributed by atoms with Gasteiger partial charge in [-0.3, -0.25) is 4.79 Å². The second-order valence-corrected chi connectivity index (χ2v) is 6.56. The summed E-state index contributed by atoms with van der Waals surface area (Å²) in [7, 11) is 0. The summed E-state index contributed by atoms with van der Waals surface area (Å²) >= 11 is 0. The zero-order valence-electron chi connectivity index (χ0n) is 15.8. The topological polar surface area (TPSA) is 87.0 Å². The standard InChI is InChI=1S/C23H19N3O3/c1-15-8-7-12-18-21(15)24-23(28)22(18)26-25-20(27)14-29-19-13-6-5-11-17(19)16-9-3-2-4-10-16/h2-13,24,28H,14H2,1H3. The fraction of sp³-hybridized carbons (Fsp3) is 0.0870. The lowest BCUT2D eigenvalue weighted by atomic mass is 10.1. The van der Waals surface area contributed by atoms with Gasteiger partial charge in [0.15, 0.2) is 12.3 Å². The van der Waals surface area contributed by atoms with E-state index in [0.717, 1.165) is 22.2 Å². The third kappa shape index (κ3) is 3.87. The average Bonchev–Trinajstić information content (AvgIpc) is 3.08. The van der Waals surface area contributed by atoms with Gasteiger partial charge in [0.2, 0.25) is 5.88 Å². The summed E-state index contributed by atoms with van der Waals surface area (Å²) in [6, 6.07) is 22.9. The highest BCUT2D eigenvalue weighted by atomic mass is 16.5. The van der Waals surface area contributed by atoms with Crippen LogP contribution in [0.15, 0.2) is 83.0 Å². The van der Waals surface area contributed by atoms with E-state index in [-0.39, 0.29) is 18.2 Å². The molecule has 6 nitrogen and oxygen atoms in total. The van der Waals surface area contributed by atoms with Crippen LogP contribution >= 0.6 is 0 Å². The molecule has 2 N–H and O–H groups in total. The molecule has 0 unspecified atom stereocenters. The van der Waals surface area contributed by atoms with E-state index in [1.165, 1.54) is 0 Å². The maximum atomic E-state index is 12.2. The number of H-pyrrole nitrogens is 1. The number of fused-ring (bicyclic) bond motifs is 1. The number of aromatic amines is 1. The number of hydrogen-bond donors (Lipinski definition) is 2. The molecule has 0 aliphatic carbocycles.